The predicted molar refractivity (Wildman–Crippen MR) is 73.4 cm³/mol. The molecule has 5 heteroatoms. The van der Waals surface area contributed by atoms with Gasteiger partial charge in [-0.15, -0.1) is 0 Å². The first-order valence-corrected chi connectivity index (χ1v) is 6.13. The van der Waals surface area contributed by atoms with Gasteiger partial charge in [0.25, 0.3) is 0 Å². The van der Waals surface area contributed by atoms with Gasteiger partial charge in [0, 0.05) is 11.8 Å². The summed E-state index contributed by atoms with van der Waals surface area (Å²) in [5, 5.41) is 5.08. The Bertz CT molecular complexity index is 582. The summed E-state index contributed by atoms with van der Waals surface area (Å²) in [6.07, 6.45) is 0. The minimum Gasteiger partial charge on any atom is -0.331 e. The lowest BCUT2D eigenvalue weighted by molar-refractivity contribution is 0.249. The van der Waals surface area contributed by atoms with E-state index in [2.05, 4.69) is 10.6 Å². The molecule has 0 spiro atoms. The van der Waals surface area contributed by atoms with E-state index in [4.69, 9.17) is 0 Å². The standard InChI is InChI=1S/C15H14F2N2O/c1-10(11-5-3-2-4-6-11)18-15(20)19-14-8-12(16)7-13(17)9-14/h2-10H,1H3,(H2,18,19,20)/t10-/m0/s1. The minimum absolute atomic E-state index is 0.0697. The van der Waals surface area contributed by atoms with E-state index < -0.39 is 17.7 Å². The Morgan fingerprint density at radius 3 is 2.25 bits per heavy atom. The van der Waals surface area contributed by atoms with Crippen LogP contribution in [-0.4, -0.2) is 6.03 Å². The van der Waals surface area contributed by atoms with E-state index in [1.54, 1.807) is 0 Å². The fourth-order valence-corrected chi connectivity index (χ4v) is 1.81. The van der Waals surface area contributed by atoms with E-state index in [0.717, 1.165) is 23.8 Å². The average Bonchev–Trinajstić information content (AvgIpc) is 2.38. The van der Waals surface area contributed by atoms with Gasteiger partial charge in [-0.3, -0.25) is 0 Å². The highest BCUT2D eigenvalue weighted by Crippen LogP contribution is 2.14. The number of nitrogens with one attached hydrogen (secondary N) is 2. The van der Waals surface area contributed by atoms with Crippen LogP contribution < -0.4 is 10.6 Å². The monoisotopic (exact) mass is 276 g/mol. The molecule has 0 unspecified atom stereocenters. The van der Waals surface area contributed by atoms with Gasteiger partial charge in [0.2, 0.25) is 0 Å². The first-order valence-electron chi connectivity index (χ1n) is 6.13. The second kappa shape index (κ2) is 6.14. The minimum atomic E-state index is -0.739. The first kappa shape index (κ1) is 14.0. The fourth-order valence-electron chi connectivity index (χ4n) is 1.81. The lowest BCUT2D eigenvalue weighted by atomic mass is 10.1. The van der Waals surface area contributed by atoms with Crippen LogP contribution >= 0.6 is 0 Å². The number of halogens is 2. The summed E-state index contributed by atoms with van der Waals surface area (Å²) in [4.78, 5) is 11.8. The number of rotatable bonds is 3. The molecule has 0 aliphatic heterocycles. The van der Waals surface area contributed by atoms with Gasteiger partial charge in [0.15, 0.2) is 0 Å². The summed E-state index contributed by atoms with van der Waals surface area (Å²) in [6, 6.07) is 11.5. The van der Waals surface area contributed by atoms with Gasteiger partial charge >= 0.3 is 6.03 Å². The second-order valence-electron chi connectivity index (χ2n) is 4.39. The second-order valence-corrected chi connectivity index (χ2v) is 4.39. The van der Waals surface area contributed by atoms with Crippen LogP contribution in [0.2, 0.25) is 0 Å². The molecule has 0 fully saturated rings. The molecule has 0 saturated heterocycles. The van der Waals surface area contributed by atoms with E-state index in [9.17, 15) is 13.6 Å². The van der Waals surface area contributed by atoms with Crippen molar-refractivity contribution in [2.75, 3.05) is 5.32 Å². The molecule has 0 aliphatic carbocycles. The Morgan fingerprint density at radius 1 is 1.05 bits per heavy atom. The topological polar surface area (TPSA) is 41.1 Å². The van der Waals surface area contributed by atoms with E-state index >= 15 is 0 Å². The van der Waals surface area contributed by atoms with Crippen LogP contribution in [-0.2, 0) is 0 Å². The molecular formula is C15H14F2N2O. The molecule has 0 radical (unpaired) electrons. The zero-order valence-electron chi connectivity index (χ0n) is 10.9. The van der Waals surface area contributed by atoms with Crippen LogP contribution in [0.3, 0.4) is 0 Å². The van der Waals surface area contributed by atoms with Crippen LogP contribution in [0.1, 0.15) is 18.5 Å². The van der Waals surface area contributed by atoms with E-state index in [1.807, 2.05) is 37.3 Å². The van der Waals surface area contributed by atoms with Gasteiger partial charge in [0.05, 0.1) is 6.04 Å². The summed E-state index contributed by atoms with van der Waals surface area (Å²) in [5.74, 6) is -1.48. The summed E-state index contributed by atoms with van der Waals surface area (Å²) in [6.45, 7) is 1.82. The molecule has 0 aromatic heterocycles. The number of amides is 2. The highest BCUT2D eigenvalue weighted by molar-refractivity contribution is 5.89. The van der Waals surface area contributed by atoms with Crippen LogP contribution in [0.4, 0.5) is 19.3 Å². The van der Waals surface area contributed by atoms with Crippen molar-refractivity contribution in [2.45, 2.75) is 13.0 Å². The average molecular weight is 276 g/mol. The number of urea groups is 1. The van der Waals surface area contributed by atoms with Crippen molar-refractivity contribution in [2.24, 2.45) is 0 Å². The number of anilines is 1. The molecule has 2 amide bonds. The molecular weight excluding hydrogens is 262 g/mol. The van der Waals surface area contributed by atoms with Gasteiger partial charge in [0.1, 0.15) is 11.6 Å². The van der Waals surface area contributed by atoms with Crippen molar-refractivity contribution in [3.8, 4) is 0 Å². The number of hydrogen-bond donors (Lipinski definition) is 2. The SMILES string of the molecule is C[C@H](NC(=O)Nc1cc(F)cc(F)c1)c1ccccc1. The molecule has 20 heavy (non-hydrogen) atoms. The van der Waals surface area contributed by atoms with E-state index in [1.165, 1.54) is 0 Å². The number of hydrogen-bond acceptors (Lipinski definition) is 1. The Balaban J connectivity index is 1.99. The summed E-state index contributed by atoms with van der Waals surface area (Å²) >= 11 is 0. The van der Waals surface area contributed by atoms with Crippen molar-refractivity contribution in [3.63, 3.8) is 0 Å². The van der Waals surface area contributed by atoms with Gasteiger partial charge in [-0.05, 0) is 24.6 Å². The fraction of sp³-hybridized carbons (Fsp3) is 0.133. The highest BCUT2D eigenvalue weighted by Gasteiger charge is 2.10. The van der Waals surface area contributed by atoms with E-state index in [0.29, 0.717) is 0 Å². The van der Waals surface area contributed by atoms with Crippen molar-refractivity contribution in [1.82, 2.24) is 5.32 Å². The molecule has 0 aliphatic rings. The Morgan fingerprint density at radius 2 is 1.65 bits per heavy atom. The maximum atomic E-state index is 13.0. The molecule has 104 valence electrons. The van der Waals surface area contributed by atoms with Gasteiger partial charge in [-0.1, -0.05) is 30.3 Å². The first-order chi connectivity index (χ1) is 9.54. The molecule has 0 saturated carbocycles. The maximum Gasteiger partial charge on any atom is 0.319 e. The van der Waals surface area contributed by atoms with E-state index in [-0.39, 0.29) is 11.7 Å². The third-order valence-electron chi connectivity index (χ3n) is 2.77. The molecule has 1 atom stereocenters. The quantitative estimate of drug-likeness (QED) is 0.878. The highest BCUT2D eigenvalue weighted by atomic mass is 19.1. The Labute approximate surface area is 115 Å². The predicted octanol–water partition coefficient (Wildman–Crippen LogP) is 3.85. The number of carbonyl (C=O) groups excluding carboxylic acids is 1. The zero-order chi connectivity index (χ0) is 14.5. The summed E-state index contributed by atoms with van der Waals surface area (Å²) in [5.41, 5.74) is 1.01. The molecule has 2 N–H and O–H groups in total. The van der Waals surface area contributed by atoms with Crippen LogP contribution in [0.25, 0.3) is 0 Å². The third-order valence-corrected chi connectivity index (χ3v) is 2.77. The normalized spacial score (nSPS) is 11.8. The third kappa shape index (κ3) is 3.78. The van der Waals surface area contributed by atoms with Crippen LogP contribution in [0.15, 0.2) is 48.5 Å². The molecule has 0 heterocycles. The van der Waals surface area contributed by atoms with Gasteiger partial charge < -0.3 is 10.6 Å². The molecule has 3 nitrogen and oxygen atoms in total. The molecule has 2 aromatic rings. The molecule has 2 rings (SSSR count). The summed E-state index contributed by atoms with van der Waals surface area (Å²) in [7, 11) is 0. The molecule has 2 aromatic carbocycles. The zero-order valence-corrected chi connectivity index (χ0v) is 10.9. The van der Waals surface area contributed by atoms with Gasteiger partial charge in [-0.2, -0.15) is 0 Å². The van der Waals surface area contributed by atoms with Crippen LogP contribution in [0, 0.1) is 11.6 Å². The largest absolute Gasteiger partial charge is 0.331 e. The lowest BCUT2D eigenvalue weighted by Crippen LogP contribution is -2.31. The lowest BCUT2D eigenvalue weighted by Gasteiger charge is -2.15. The number of benzene rings is 2. The van der Waals surface area contributed by atoms with Crippen molar-refractivity contribution in [3.05, 3.63) is 65.7 Å². The van der Waals surface area contributed by atoms with Crippen molar-refractivity contribution < 1.29 is 13.6 Å². The maximum absolute atomic E-state index is 13.0. The van der Waals surface area contributed by atoms with Crippen molar-refractivity contribution >= 4 is 11.7 Å². The van der Waals surface area contributed by atoms with Crippen molar-refractivity contribution in [1.29, 1.82) is 0 Å². The molecule has 0 bridgehead atoms. The Kier molecular flexibility index (Phi) is 4.30. The van der Waals surface area contributed by atoms with Gasteiger partial charge in [-0.25, -0.2) is 13.6 Å². The smallest absolute Gasteiger partial charge is 0.319 e. The Hall–Kier alpha value is -2.43. The number of carbonyl (C=O) groups is 1. The van der Waals surface area contributed by atoms with Crippen LogP contribution in [0.5, 0.6) is 0 Å². The summed E-state index contributed by atoms with van der Waals surface area (Å²) < 4.78 is 26.0.